The van der Waals surface area contributed by atoms with E-state index in [0.29, 0.717) is 60.8 Å². The maximum Gasteiger partial charge on any atom is 0.451 e. The number of alkyl halides is 3. The number of fused-ring (bicyclic) bond motifs is 5. The van der Waals surface area contributed by atoms with Crippen molar-refractivity contribution in [3.63, 3.8) is 0 Å². The van der Waals surface area contributed by atoms with E-state index < -0.39 is 23.9 Å². The molecule has 3 fully saturated rings. The highest BCUT2D eigenvalue weighted by molar-refractivity contribution is 6.00. The van der Waals surface area contributed by atoms with Crippen molar-refractivity contribution in [1.82, 2.24) is 39.3 Å². The number of methoxy groups -OCH3 is 1. The standard InChI is InChI=1S/C39H42F3N9O3/c1-20-28-12-8-22-16-31(49(34(22)46-28)13-5-3-4-6-29-26(36(52)45-20)18-44-38(48-29)39(40,41)42)35-47-30-15-23(17-32(54-2)33(30)51(35)24-10-11-24)37(53)50-19-27(43)21-7-9-25(50)14-21/h8,12,15-18,20-21,24-25,27H,3-7,9-11,13-14,19,43H2,1-2H3,(H,45,52)/t20-,21-,25+,27+/m1/s1. The van der Waals surface area contributed by atoms with Gasteiger partial charge in [0.05, 0.1) is 41.3 Å². The Morgan fingerprint density at radius 1 is 1.02 bits per heavy atom. The average Bonchev–Trinajstić information content (AvgIpc) is 3.62. The number of rotatable bonds is 4. The average molecular weight is 742 g/mol. The first kappa shape index (κ1) is 34.7. The van der Waals surface area contributed by atoms with E-state index in [0.717, 1.165) is 66.4 Å². The Labute approximate surface area is 309 Å². The van der Waals surface area contributed by atoms with Crippen molar-refractivity contribution in [2.24, 2.45) is 11.7 Å². The minimum atomic E-state index is -4.72. The van der Waals surface area contributed by atoms with Crippen molar-refractivity contribution in [3.05, 3.63) is 64.9 Å². The number of nitrogens with zero attached hydrogens (tertiary/aromatic N) is 7. The lowest BCUT2D eigenvalue weighted by Crippen LogP contribution is -2.51. The molecular formula is C39H42F3N9O3. The molecule has 4 atom stereocenters. The summed E-state index contributed by atoms with van der Waals surface area (Å²) in [6, 6.07) is 9.44. The topological polar surface area (TPSA) is 146 Å². The summed E-state index contributed by atoms with van der Waals surface area (Å²) in [7, 11) is 1.62. The number of carbonyl (C=O) groups excluding carboxylic acids is 2. The maximum absolute atomic E-state index is 14.1. The predicted octanol–water partition coefficient (Wildman–Crippen LogP) is 6.37. The summed E-state index contributed by atoms with van der Waals surface area (Å²) < 4.78 is 51.0. The SMILES string of the molecule is COc1cc(C(=O)N2C[C@H](N)[C@@H]3CC[C@H]2C3)cc2nc(-c3cc4ccc5nc4n3CCCCCc3nc(C(F)(F)F)ncc3C(=O)N[C@@H]5C)n(C3CC3)c12. The monoisotopic (exact) mass is 741 g/mol. The first-order chi connectivity index (χ1) is 26.0. The number of imidazole rings is 1. The number of hydrogen-bond donors (Lipinski definition) is 2. The van der Waals surface area contributed by atoms with E-state index in [1.807, 2.05) is 29.2 Å². The lowest BCUT2D eigenvalue weighted by atomic mass is 9.94. The van der Waals surface area contributed by atoms with Crippen molar-refractivity contribution in [2.45, 2.75) is 102 Å². The van der Waals surface area contributed by atoms with Crippen LogP contribution in [0.15, 0.2) is 36.5 Å². The molecule has 12 nitrogen and oxygen atoms in total. The molecule has 2 saturated carbocycles. The fraction of sp³-hybridized carbons (Fsp3) is 0.487. The number of pyridine rings is 1. The van der Waals surface area contributed by atoms with E-state index >= 15 is 0 Å². The highest BCUT2D eigenvalue weighted by atomic mass is 19.4. The Morgan fingerprint density at radius 2 is 1.83 bits per heavy atom. The first-order valence-electron chi connectivity index (χ1n) is 18.9. The van der Waals surface area contributed by atoms with Crippen LogP contribution in [0.25, 0.3) is 33.6 Å². The van der Waals surface area contributed by atoms with Gasteiger partial charge in [0.1, 0.15) is 16.9 Å². The molecule has 1 aromatic carbocycles. The van der Waals surface area contributed by atoms with Gasteiger partial charge < -0.3 is 29.8 Å². The third-order valence-corrected chi connectivity index (χ3v) is 11.7. The van der Waals surface area contributed by atoms with Crippen LogP contribution in [0.4, 0.5) is 13.2 Å². The second-order valence-electron chi connectivity index (χ2n) is 15.3. The molecule has 2 aliphatic carbocycles. The van der Waals surface area contributed by atoms with Gasteiger partial charge in [-0.1, -0.05) is 6.42 Å². The number of aromatic nitrogens is 6. The first-order valence-corrected chi connectivity index (χ1v) is 18.9. The molecule has 2 amide bonds. The van der Waals surface area contributed by atoms with Crippen LogP contribution in [0.2, 0.25) is 0 Å². The molecule has 3 N–H and O–H groups in total. The maximum atomic E-state index is 14.1. The molecule has 2 aliphatic heterocycles. The van der Waals surface area contributed by atoms with Gasteiger partial charge in [-0.15, -0.1) is 0 Å². The quantitative estimate of drug-likeness (QED) is 0.216. The third-order valence-electron chi connectivity index (χ3n) is 11.7. The van der Waals surface area contributed by atoms with Crippen LogP contribution in [0.5, 0.6) is 5.75 Å². The summed E-state index contributed by atoms with van der Waals surface area (Å²) in [6.07, 6.45) is 3.27. The number of aryl methyl sites for hydroxylation is 2. The molecule has 54 heavy (non-hydrogen) atoms. The highest BCUT2D eigenvalue weighted by Gasteiger charge is 2.42. The molecule has 1 saturated heterocycles. The zero-order valence-electron chi connectivity index (χ0n) is 30.2. The number of likely N-dealkylation sites (tertiary alicyclic amines) is 1. The van der Waals surface area contributed by atoms with Crippen molar-refractivity contribution in [1.29, 1.82) is 0 Å². The Morgan fingerprint density at radius 3 is 2.61 bits per heavy atom. The summed E-state index contributed by atoms with van der Waals surface area (Å²) in [5.41, 5.74) is 10.8. The largest absolute Gasteiger partial charge is 0.494 e. The Hall–Kier alpha value is -5.05. The predicted molar refractivity (Wildman–Crippen MR) is 194 cm³/mol. The van der Waals surface area contributed by atoms with Gasteiger partial charge >= 0.3 is 6.18 Å². The molecule has 4 aromatic heterocycles. The van der Waals surface area contributed by atoms with Gasteiger partial charge in [0.25, 0.3) is 11.8 Å². The molecular weight excluding hydrogens is 699 g/mol. The molecule has 15 heteroatoms. The number of nitrogens with two attached hydrogens (primary N) is 1. The van der Waals surface area contributed by atoms with Crippen molar-refractivity contribution in [2.75, 3.05) is 13.7 Å². The molecule has 4 aliphatic rings. The zero-order valence-corrected chi connectivity index (χ0v) is 30.2. The van der Waals surface area contributed by atoms with Crippen LogP contribution < -0.4 is 15.8 Å². The Bertz CT molecular complexity index is 2310. The molecule has 0 spiro atoms. The number of piperidine rings is 1. The molecule has 0 radical (unpaired) electrons. The van der Waals surface area contributed by atoms with Gasteiger partial charge in [-0.05, 0) is 94.5 Å². The summed E-state index contributed by atoms with van der Waals surface area (Å²) >= 11 is 0. The van der Waals surface area contributed by atoms with Gasteiger partial charge in [0.15, 0.2) is 5.82 Å². The van der Waals surface area contributed by atoms with Gasteiger partial charge in [0.2, 0.25) is 5.82 Å². The van der Waals surface area contributed by atoms with Crippen molar-refractivity contribution >= 4 is 33.9 Å². The summed E-state index contributed by atoms with van der Waals surface area (Å²) in [6.45, 7) is 2.91. The molecule has 5 aromatic rings. The van der Waals surface area contributed by atoms with Crippen molar-refractivity contribution in [3.8, 4) is 17.3 Å². The normalized spacial score (nSPS) is 23.4. The van der Waals surface area contributed by atoms with Crippen LogP contribution in [-0.4, -0.2) is 71.5 Å². The zero-order chi connectivity index (χ0) is 37.5. The van der Waals surface area contributed by atoms with E-state index in [2.05, 4.69) is 30.5 Å². The second kappa shape index (κ2) is 13.1. The highest BCUT2D eigenvalue weighted by Crippen LogP contribution is 2.45. The number of halogens is 3. The minimum Gasteiger partial charge on any atom is -0.494 e. The summed E-state index contributed by atoms with van der Waals surface area (Å²) in [4.78, 5) is 46.9. The lowest BCUT2D eigenvalue weighted by Gasteiger charge is -2.37. The van der Waals surface area contributed by atoms with Crippen LogP contribution >= 0.6 is 0 Å². The Kier molecular flexibility index (Phi) is 8.39. The van der Waals surface area contributed by atoms with Crippen LogP contribution in [-0.2, 0) is 19.1 Å². The van der Waals surface area contributed by atoms with E-state index in [4.69, 9.17) is 20.4 Å². The third kappa shape index (κ3) is 5.96. The number of carbonyl (C=O) groups is 2. The van der Waals surface area contributed by atoms with Crippen molar-refractivity contribution < 1.29 is 27.5 Å². The number of ether oxygens (including phenoxy) is 1. The summed E-state index contributed by atoms with van der Waals surface area (Å²) in [5, 5.41) is 3.81. The number of amides is 2. The van der Waals surface area contributed by atoms with E-state index in [-0.39, 0.29) is 41.7 Å². The van der Waals surface area contributed by atoms with E-state index in [1.165, 1.54) is 0 Å². The van der Waals surface area contributed by atoms with Gasteiger partial charge in [-0.2, -0.15) is 13.2 Å². The van der Waals surface area contributed by atoms with Gasteiger partial charge in [-0.3, -0.25) is 9.59 Å². The molecule has 282 valence electrons. The smallest absolute Gasteiger partial charge is 0.451 e. The molecule has 4 bridgehead atoms. The fourth-order valence-electron chi connectivity index (χ4n) is 8.76. The molecule has 6 heterocycles. The second-order valence-corrected chi connectivity index (χ2v) is 15.3. The fourth-order valence-corrected chi connectivity index (χ4v) is 8.76. The summed E-state index contributed by atoms with van der Waals surface area (Å²) in [5.74, 6) is -0.0505. The van der Waals surface area contributed by atoms with Gasteiger partial charge in [-0.25, -0.2) is 19.9 Å². The number of nitrogens with one attached hydrogen (secondary N) is 1. The molecule has 9 rings (SSSR count). The molecule has 0 unspecified atom stereocenters. The van der Waals surface area contributed by atoms with Crippen LogP contribution in [0.1, 0.15) is 108 Å². The Balaban J connectivity index is 1.11. The lowest BCUT2D eigenvalue weighted by molar-refractivity contribution is -0.145. The van der Waals surface area contributed by atoms with E-state index in [9.17, 15) is 22.8 Å². The number of benzene rings is 1. The van der Waals surface area contributed by atoms with Crippen LogP contribution in [0, 0.1) is 5.92 Å². The van der Waals surface area contributed by atoms with Gasteiger partial charge in [0, 0.05) is 48.4 Å². The number of hydrogen-bond acceptors (Lipinski definition) is 8. The van der Waals surface area contributed by atoms with E-state index in [1.54, 1.807) is 14.0 Å². The minimum absolute atomic E-state index is 0.0239. The van der Waals surface area contributed by atoms with Crippen LogP contribution in [0.3, 0.4) is 0 Å².